The molecule has 1 N–H and O–H groups in total. The number of rotatable bonds is 4. The minimum absolute atomic E-state index is 0.0111. The Bertz CT molecular complexity index is 625. The van der Waals surface area contributed by atoms with Crippen LogP contribution in [0, 0.1) is 19.8 Å². The molecule has 150 valence electrons. The van der Waals surface area contributed by atoms with E-state index in [0.717, 1.165) is 48.5 Å². The summed E-state index contributed by atoms with van der Waals surface area (Å²) < 4.78 is 5.40. The molecule has 6 heteroatoms. The number of likely N-dealkylation sites (tertiary alicyclic amines) is 1. The van der Waals surface area contributed by atoms with E-state index in [1.165, 1.54) is 32.7 Å². The van der Waals surface area contributed by atoms with Gasteiger partial charge in [-0.15, -0.1) is 0 Å². The molecule has 27 heavy (non-hydrogen) atoms. The van der Waals surface area contributed by atoms with Crippen LogP contribution in [0.15, 0.2) is 12.1 Å². The molecule has 0 unspecified atom stereocenters. The van der Waals surface area contributed by atoms with E-state index < -0.39 is 0 Å². The topological polar surface area (TPSA) is 48.1 Å². The van der Waals surface area contributed by atoms with Crippen molar-refractivity contribution < 1.29 is 9.53 Å². The van der Waals surface area contributed by atoms with Gasteiger partial charge in [0.25, 0.3) is 0 Å². The van der Waals surface area contributed by atoms with E-state index in [2.05, 4.69) is 22.2 Å². The number of anilines is 1. The summed E-state index contributed by atoms with van der Waals surface area (Å²) in [6.07, 6.45) is 2.20. The van der Waals surface area contributed by atoms with Crippen molar-refractivity contribution in [3.8, 4) is 5.75 Å². The number of carbonyl (C=O) groups is 1. The molecule has 0 saturated carbocycles. The van der Waals surface area contributed by atoms with Crippen LogP contribution in [0.2, 0.25) is 0 Å². The van der Waals surface area contributed by atoms with Crippen LogP contribution in [0.3, 0.4) is 0 Å². The highest BCUT2D eigenvalue weighted by Gasteiger charge is 2.25. The number of aryl methyl sites for hydroxylation is 2. The molecule has 6 nitrogen and oxygen atoms in total. The molecule has 0 aromatic heterocycles. The third kappa shape index (κ3) is 5.14. The predicted octanol–water partition coefficient (Wildman–Crippen LogP) is 2.80. The molecule has 3 rings (SSSR count). The Morgan fingerprint density at radius 1 is 1.07 bits per heavy atom. The van der Waals surface area contributed by atoms with E-state index in [1.807, 2.05) is 30.9 Å². The number of ether oxygens (including phenoxy) is 1. The van der Waals surface area contributed by atoms with Crippen LogP contribution in [-0.4, -0.2) is 80.7 Å². The molecular formula is C21H34N4O2. The standard InChI is InChI=1S/C21H34N4O2/c1-16-13-19(14-17(2)20(16)27-4)22-21(26)25-7-5-18(6-8-25)15-24-11-9-23(3)10-12-24/h13-14,18H,5-12,15H2,1-4H3,(H,22,26). The van der Waals surface area contributed by atoms with Crippen LogP contribution in [-0.2, 0) is 0 Å². The van der Waals surface area contributed by atoms with Gasteiger partial charge >= 0.3 is 6.03 Å². The molecular weight excluding hydrogens is 340 g/mol. The van der Waals surface area contributed by atoms with Gasteiger partial charge in [-0.2, -0.15) is 0 Å². The van der Waals surface area contributed by atoms with Crippen LogP contribution in [0.5, 0.6) is 5.75 Å². The van der Waals surface area contributed by atoms with Crippen molar-refractivity contribution in [2.75, 3.05) is 65.3 Å². The molecule has 0 spiro atoms. The summed E-state index contributed by atoms with van der Waals surface area (Å²) in [5.74, 6) is 1.60. The molecule has 0 bridgehead atoms. The van der Waals surface area contributed by atoms with E-state index >= 15 is 0 Å². The van der Waals surface area contributed by atoms with E-state index in [-0.39, 0.29) is 6.03 Å². The number of likely N-dealkylation sites (N-methyl/N-ethyl adjacent to an activating group) is 1. The number of nitrogens with one attached hydrogen (secondary N) is 1. The van der Waals surface area contributed by atoms with Crippen molar-refractivity contribution in [3.63, 3.8) is 0 Å². The quantitative estimate of drug-likeness (QED) is 0.880. The zero-order chi connectivity index (χ0) is 19.4. The summed E-state index contributed by atoms with van der Waals surface area (Å²) in [4.78, 5) is 19.6. The number of piperazine rings is 1. The average molecular weight is 375 g/mol. The van der Waals surface area contributed by atoms with Gasteiger partial charge in [0.05, 0.1) is 7.11 Å². The van der Waals surface area contributed by atoms with Crippen molar-refractivity contribution in [1.82, 2.24) is 14.7 Å². The number of hydrogen-bond donors (Lipinski definition) is 1. The fourth-order valence-corrected chi connectivity index (χ4v) is 4.26. The summed E-state index contributed by atoms with van der Waals surface area (Å²) in [6.45, 7) is 11.6. The van der Waals surface area contributed by atoms with Gasteiger partial charge in [-0.1, -0.05) is 0 Å². The highest BCUT2D eigenvalue weighted by Crippen LogP contribution is 2.27. The Labute approximate surface area is 163 Å². The average Bonchev–Trinajstić information content (AvgIpc) is 2.64. The van der Waals surface area contributed by atoms with Gasteiger partial charge in [-0.05, 0) is 62.9 Å². The number of urea groups is 1. The lowest BCUT2D eigenvalue weighted by atomic mass is 9.96. The number of amides is 2. The Morgan fingerprint density at radius 3 is 2.22 bits per heavy atom. The monoisotopic (exact) mass is 374 g/mol. The van der Waals surface area contributed by atoms with E-state index in [4.69, 9.17) is 4.74 Å². The van der Waals surface area contributed by atoms with E-state index in [0.29, 0.717) is 5.92 Å². The van der Waals surface area contributed by atoms with Crippen LogP contribution in [0.4, 0.5) is 10.5 Å². The Hall–Kier alpha value is -1.79. The fraction of sp³-hybridized carbons (Fsp3) is 0.667. The van der Waals surface area contributed by atoms with Crippen LogP contribution >= 0.6 is 0 Å². The first-order valence-electron chi connectivity index (χ1n) is 10.1. The van der Waals surface area contributed by atoms with Gasteiger partial charge in [0.15, 0.2) is 0 Å². The third-order valence-electron chi connectivity index (χ3n) is 5.93. The molecule has 2 fully saturated rings. The first-order chi connectivity index (χ1) is 13.0. The van der Waals surface area contributed by atoms with Gasteiger partial charge in [0.2, 0.25) is 0 Å². The van der Waals surface area contributed by atoms with Gasteiger partial charge in [0.1, 0.15) is 5.75 Å². The van der Waals surface area contributed by atoms with E-state index in [1.54, 1.807) is 7.11 Å². The van der Waals surface area contributed by atoms with Crippen molar-refractivity contribution in [2.24, 2.45) is 5.92 Å². The number of piperidine rings is 1. The number of hydrogen-bond acceptors (Lipinski definition) is 4. The summed E-state index contributed by atoms with van der Waals surface area (Å²) in [5.41, 5.74) is 2.92. The van der Waals surface area contributed by atoms with E-state index in [9.17, 15) is 4.79 Å². The molecule has 2 aliphatic rings. The molecule has 0 aliphatic carbocycles. The number of methoxy groups -OCH3 is 1. The van der Waals surface area contributed by atoms with Gasteiger partial charge in [-0.3, -0.25) is 0 Å². The first kappa shape index (κ1) is 20.0. The second-order valence-electron chi connectivity index (χ2n) is 8.11. The predicted molar refractivity (Wildman–Crippen MR) is 110 cm³/mol. The van der Waals surface area contributed by atoms with Gasteiger partial charge in [-0.25, -0.2) is 4.79 Å². The molecule has 2 aliphatic heterocycles. The van der Waals surface area contributed by atoms with Gasteiger partial charge < -0.3 is 24.8 Å². The number of carbonyl (C=O) groups excluding carboxylic acids is 1. The maximum absolute atomic E-state index is 12.6. The fourth-order valence-electron chi connectivity index (χ4n) is 4.26. The summed E-state index contributed by atoms with van der Waals surface area (Å²) in [7, 11) is 3.88. The number of benzene rings is 1. The second-order valence-corrected chi connectivity index (χ2v) is 8.11. The van der Waals surface area contributed by atoms with Crippen molar-refractivity contribution in [3.05, 3.63) is 23.3 Å². The Kier molecular flexibility index (Phi) is 6.60. The Morgan fingerprint density at radius 2 is 1.67 bits per heavy atom. The summed E-state index contributed by atoms with van der Waals surface area (Å²) >= 11 is 0. The molecule has 2 saturated heterocycles. The van der Waals surface area contributed by atoms with Crippen molar-refractivity contribution in [1.29, 1.82) is 0 Å². The molecule has 1 aromatic rings. The second kappa shape index (κ2) is 8.93. The lowest BCUT2D eigenvalue weighted by molar-refractivity contribution is 0.113. The lowest BCUT2D eigenvalue weighted by Crippen LogP contribution is -2.48. The maximum Gasteiger partial charge on any atom is 0.321 e. The highest BCUT2D eigenvalue weighted by molar-refractivity contribution is 5.89. The van der Waals surface area contributed by atoms with Gasteiger partial charge in [0, 0.05) is 51.5 Å². The smallest absolute Gasteiger partial charge is 0.321 e. The first-order valence-corrected chi connectivity index (χ1v) is 10.1. The molecule has 0 atom stereocenters. The van der Waals surface area contributed by atoms with Crippen LogP contribution < -0.4 is 10.1 Å². The minimum atomic E-state index is 0.0111. The third-order valence-corrected chi connectivity index (χ3v) is 5.93. The highest BCUT2D eigenvalue weighted by atomic mass is 16.5. The lowest BCUT2D eigenvalue weighted by Gasteiger charge is -2.38. The largest absolute Gasteiger partial charge is 0.496 e. The zero-order valence-electron chi connectivity index (χ0n) is 17.3. The molecule has 0 radical (unpaired) electrons. The Balaban J connectivity index is 1.47. The maximum atomic E-state index is 12.6. The minimum Gasteiger partial charge on any atom is -0.496 e. The SMILES string of the molecule is COc1c(C)cc(NC(=O)N2CCC(CN3CCN(C)CC3)CC2)cc1C. The van der Waals surface area contributed by atoms with Crippen LogP contribution in [0.25, 0.3) is 0 Å². The van der Waals surface area contributed by atoms with Crippen molar-refractivity contribution in [2.45, 2.75) is 26.7 Å². The molecule has 2 amide bonds. The summed E-state index contributed by atoms with van der Waals surface area (Å²) in [6, 6.07) is 3.96. The normalized spacial score (nSPS) is 19.9. The zero-order valence-corrected chi connectivity index (χ0v) is 17.3. The van der Waals surface area contributed by atoms with Crippen molar-refractivity contribution >= 4 is 11.7 Å². The molecule has 1 aromatic carbocycles. The molecule has 2 heterocycles. The number of nitrogens with zero attached hydrogens (tertiary/aromatic N) is 3. The van der Waals surface area contributed by atoms with Crippen LogP contribution in [0.1, 0.15) is 24.0 Å². The summed E-state index contributed by atoms with van der Waals surface area (Å²) in [5, 5.41) is 3.06.